The molecule has 130 valence electrons. The Hall–Kier alpha value is -2.40. The maximum Gasteiger partial charge on any atom is 0.313 e. The van der Waals surface area contributed by atoms with Gasteiger partial charge in [0.15, 0.2) is 5.65 Å². The van der Waals surface area contributed by atoms with Crippen LogP contribution in [0.5, 0.6) is 0 Å². The Kier molecular flexibility index (Phi) is 5.04. The van der Waals surface area contributed by atoms with Gasteiger partial charge in [0.05, 0.1) is 17.5 Å². The van der Waals surface area contributed by atoms with E-state index in [0.717, 1.165) is 34.7 Å². The lowest BCUT2D eigenvalue weighted by Crippen LogP contribution is -2.13. The van der Waals surface area contributed by atoms with Crippen LogP contribution < -0.4 is 0 Å². The number of carbonyl (C=O) groups is 1. The Morgan fingerprint density at radius 1 is 1.28 bits per heavy atom. The highest BCUT2D eigenvalue weighted by atomic mass is 35.5. The fraction of sp³-hybridized carbons (Fsp3) is 0.316. The molecule has 0 bridgehead atoms. The number of hydrogen-bond donors (Lipinski definition) is 0. The van der Waals surface area contributed by atoms with Crippen LogP contribution in [-0.2, 0) is 16.0 Å². The number of carbonyl (C=O) groups excluding carboxylic acids is 1. The minimum atomic E-state index is -0.295. The highest BCUT2D eigenvalue weighted by Gasteiger charge is 2.17. The molecule has 2 heterocycles. The summed E-state index contributed by atoms with van der Waals surface area (Å²) in [6, 6.07) is 9.65. The maximum atomic E-state index is 11.9. The molecule has 0 amide bonds. The molecule has 1 unspecified atom stereocenters. The van der Waals surface area contributed by atoms with Crippen molar-refractivity contribution in [1.29, 1.82) is 0 Å². The number of fused-ring (bicyclic) bond motifs is 1. The van der Waals surface area contributed by atoms with Gasteiger partial charge in [-0.05, 0) is 37.6 Å². The Labute approximate surface area is 151 Å². The van der Waals surface area contributed by atoms with E-state index in [4.69, 9.17) is 16.3 Å². The van der Waals surface area contributed by atoms with Gasteiger partial charge in [-0.1, -0.05) is 30.7 Å². The molecule has 0 fully saturated rings. The van der Waals surface area contributed by atoms with Gasteiger partial charge in [-0.25, -0.2) is 9.97 Å². The zero-order valence-electron chi connectivity index (χ0n) is 14.5. The third kappa shape index (κ3) is 3.37. The third-order valence-corrected chi connectivity index (χ3v) is 4.35. The van der Waals surface area contributed by atoms with Crippen molar-refractivity contribution in [1.82, 2.24) is 14.5 Å². The number of ether oxygens (including phenoxy) is 1. The minimum absolute atomic E-state index is 0.214. The van der Waals surface area contributed by atoms with Crippen LogP contribution in [0.4, 0.5) is 0 Å². The quantitative estimate of drug-likeness (QED) is 0.639. The highest BCUT2D eigenvalue weighted by Crippen LogP contribution is 2.24. The lowest BCUT2D eigenvalue weighted by Gasteiger charge is -2.13. The SMILES string of the molecule is CCOC(=O)C(C)c1ccc(-n2c(CC)nc3cc(Cl)cnc32)cc1. The van der Waals surface area contributed by atoms with Crippen molar-refractivity contribution in [2.24, 2.45) is 0 Å². The summed E-state index contributed by atoms with van der Waals surface area (Å²) in [5, 5.41) is 0.568. The van der Waals surface area contributed by atoms with Crippen molar-refractivity contribution in [2.45, 2.75) is 33.1 Å². The number of rotatable bonds is 5. The molecule has 0 N–H and O–H groups in total. The normalized spacial score (nSPS) is 12.3. The van der Waals surface area contributed by atoms with Gasteiger partial charge < -0.3 is 4.74 Å². The van der Waals surface area contributed by atoms with Crippen LogP contribution in [0.3, 0.4) is 0 Å². The van der Waals surface area contributed by atoms with E-state index in [-0.39, 0.29) is 11.9 Å². The molecule has 1 atom stereocenters. The van der Waals surface area contributed by atoms with Crippen LogP contribution in [0, 0.1) is 0 Å². The molecular formula is C19H20ClN3O2. The summed E-state index contributed by atoms with van der Waals surface area (Å²) in [6.07, 6.45) is 2.40. The topological polar surface area (TPSA) is 57.0 Å². The van der Waals surface area contributed by atoms with Crippen LogP contribution >= 0.6 is 11.6 Å². The van der Waals surface area contributed by atoms with Crippen molar-refractivity contribution in [2.75, 3.05) is 6.61 Å². The van der Waals surface area contributed by atoms with Crippen LogP contribution in [0.15, 0.2) is 36.5 Å². The number of nitrogens with zero attached hydrogens (tertiary/aromatic N) is 3. The molecule has 0 saturated heterocycles. The summed E-state index contributed by atoms with van der Waals surface area (Å²) >= 11 is 6.02. The summed E-state index contributed by atoms with van der Waals surface area (Å²) in [5.74, 6) is 0.404. The number of esters is 1. The molecule has 2 aromatic heterocycles. The number of aryl methyl sites for hydroxylation is 1. The molecule has 5 nitrogen and oxygen atoms in total. The first kappa shape index (κ1) is 17.4. The predicted molar refractivity (Wildman–Crippen MR) is 98.3 cm³/mol. The molecule has 6 heteroatoms. The minimum Gasteiger partial charge on any atom is -0.466 e. The van der Waals surface area contributed by atoms with E-state index in [1.54, 1.807) is 6.20 Å². The molecule has 0 aliphatic rings. The zero-order chi connectivity index (χ0) is 18.0. The van der Waals surface area contributed by atoms with E-state index in [2.05, 4.69) is 16.9 Å². The van der Waals surface area contributed by atoms with Crippen molar-refractivity contribution < 1.29 is 9.53 Å². The Bertz CT molecular complexity index is 903. The summed E-state index contributed by atoms with van der Waals surface area (Å²) < 4.78 is 7.11. The molecule has 25 heavy (non-hydrogen) atoms. The second-order valence-electron chi connectivity index (χ2n) is 5.78. The summed E-state index contributed by atoms with van der Waals surface area (Å²) in [4.78, 5) is 21.0. The first-order valence-corrected chi connectivity index (χ1v) is 8.72. The fourth-order valence-corrected chi connectivity index (χ4v) is 2.96. The van der Waals surface area contributed by atoms with Gasteiger partial charge in [0, 0.05) is 18.3 Å². The number of benzene rings is 1. The zero-order valence-corrected chi connectivity index (χ0v) is 15.2. The Morgan fingerprint density at radius 3 is 2.64 bits per heavy atom. The number of pyridine rings is 1. The smallest absolute Gasteiger partial charge is 0.313 e. The first-order chi connectivity index (χ1) is 12.0. The van der Waals surface area contributed by atoms with Gasteiger partial charge in [0.2, 0.25) is 0 Å². The van der Waals surface area contributed by atoms with Crippen LogP contribution in [0.2, 0.25) is 5.02 Å². The van der Waals surface area contributed by atoms with Crippen molar-refractivity contribution in [3.63, 3.8) is 0 Å². The lowest BCUT2D eigenvalue weighted by atomic mass is 10.0. The third-order valence-electron chi connectivity index (χ3n) is 4.14. The van der Waals surface area contributed by atoms with Gasteiger partial charge in [-0.15, -0.1) is 0 Å². The second kappa shape index (κ2) is 7.23. The van der Waals surface area contributed by atoms with E-state index in [9.17, 15) is 4.79 Å². The molecule has 0 saturated carbocycles. The van der Waals surface area contributed by atoms with Crippen LogP contribution in [0.1, 0.15) is 38.1 Å². The molecule has 0 aliphatic carbocycles. The molecule has 0 aliphatic heterocycles. The van der Waals surface area contributed by atoms with E-state index in [1.165, 1.54) is 0 Å². The van der Waals surface area contributed by atoms with Gasteiger partial charge in [-0.2, -0.15) is 0 Å². The summed E-state index contributed by atoms with van der Waals surface area (Å²) in [5.41, 5.74) is 3.41. The van der Waals surface area contributed by atoms with Gasteiger partial charge in [0.25, 0.3) is 0 Å². The number of aromatic nitrogens is 3. The standard InChI is InChI=1S/C19H20ClN3O2/c1-4-17-22-16-10-14(20)11-21-18(16)23(17)15-8-6-13(7-9-15)12(3)19(24)25-5-2/h6-12H,4-5H2,1-3H3. The Morgan fingerprint density at radius 2 is 2.00 bits per heavy atom. The van der Waals surface area contributed by atoms with Crippen LogP contribution in [0.25, 0.3) is 16.9 Å². The molecule has 3 aromatic rings. The largest absolute Gasteiger partial charge is 0.466 e. The average Bonchev–Trinajstić information content (AvgIpc) is 2.99. The highest BCUT2D eigenvalue weighted by molar-refractivity contribution is 6.31. The molecule has 0 spiro atoms. The fourth-order valence-electron chi connectivity index (χ4n) is 2.81. The van der Waals surface area contributed by atoms with E-state index < -0.39 is 0 Å². The maximum absolute atomic E-state index is 11.9. The van der Waals surface area contributed by atoms with Gasteiger partial charge in [0.1, 0.15) is 11.3 Å². The first-order valence-electron chi connectivity index (χ1n) is 8.35. The molecule has 3 rings (SSSR count). The van der Waals surface area contributed by atoms with Gasteiger partial charge >= 0.3 is 5.97 Å². The van der Waals surface area contributed by atoms with Gasteiger partial charge in [-0.3, -0.25) is 9.36 Å². The number of hydrogen-bond acceptors (Lipinski definition) is 4. The molecular weight excluding hydrogens is 338 g/mol. The average molecular weight is 358 g/mol. The van der Waals surface area contributed by atoms with Crippen molar-refractivity contribution >= 4 is 28.7 Å². The van der Waals surface area contributed by atoms with Crippen LogP contribution in [-0.4, -0.2) is 27.1 Å². The van der Waals surface area contributed by atoms with E-state index >= 15 is 0 Å². The van der Waals surface area contributed by atoms with E-state index in [0.29, 0.717) is 11.6 Å². The van der Waals surface area contributed by atoms with E-state index in [1.807, 2.05) is 48.7 Å². The van der Waals surface area contributed by atoms with Crippen molar-refractivity contribution in [3.05, 3.63) is 52.9 Å². The number of halogens is 1. The lowest BCUT2D eigenvalue weighted by molar-refractivity contribution is -0.144. The second-order valence-corrected chi connectivity index (χ2v) is 6.21. The predicted octanol–water partition coefficient (Wildman–Crippen LogP) is 4.30. The summed E-state index contributed by atoms with van der Waals surface area (Å²) in [7, 11) is 0. The number of imidazole rings is 1. The summed E-state index contributed by atoms with van der Waals surface area (Å²) in [6.45, 7) is 6.09. The Balaban J connectivity index is 2.00. The van der Waals surface area contributed by atoms with Crippen molar-refractivity contribution in [3.8, 4) is 5.69 Å². The molecule has 0 radical (unpaired) electrons. The monoisotopic (exact) mass is 357 g/mol. The molecule has 1 aromatic carbocycles.